The van der Waals surface area contributed by atoms with Crippen LogP contribution in [0.25, 0.3) is 10.9 Å². The molecule has 1 fully saturated rings. The lowest BCUT2D eigenvalue weighted by Crippen LogP contribution is -2.52. The average Bonchev–Trinajstić information content (AvgIpc) is 2.64. The van der Waals surface area contributed by atoms with Gasteiger partial charge in [0.15, 0.2) is 11.6 Å². The topological polar surface area (TPSA) is 102 Å². The lowest BCUT2D eigenvalue weighted by atomic mass is 10.0. The molecule has 2 heterocycles. The molecular formula is C17H22F3N5O3S. The monoisotopic (exact) mass is 433 g/mol. The lowest BCUT2D eigenvalue weighted by Gasteiger charge is -2.38. The molecule has 1 aromatic heterocycles. The van der Waals surface area contributed by atoms with Crippen molar-refractivity contribution in [2.75, 3.05) is 31.6 Å². The molecule has 0 bridgehead atoms. The summed E-state index contributed by atoms with van der Waals surface area (Å²) < 4.78 is 70.3. The van der Waals surface area contributed by atoms with Gasteiger partial charge in [-0.2, -0.15) is 22.9 Å². The Kier molecular flexibility index (Phi) is 5.88. The number of piperidine rings is 1. The minimum atomic E-state index is -4.28. The second kappa shape index (κ2) is 7.92. The van der Waals surface area contributed by atoms with Crippen molar-refractivity contribution in [3.05, 3.63) is 24.1 Å². The van der Waals surface area contributed by atoms with E-state index in [9.17, 15) is 21.6 Å². The van der Waals surface area contributed by atoms with Crippen molar-refractivity contribution in [3.63, 3.8) is 0 Å². The number of benzene rings is 1. The fourth-order valence-electron chi connectivity index (χ4n) is 3.55. The van der Waals surface area contributed by atoms with Crippen LogP contribution in [0.1, 0.15) is 19.8 Å². The van der Waals surface area contributed by atoms with Crippen molar-refractivity contribution in [1.29, 1.82) is 0 Å². The van der Waals surface area contributed by atoms with Crippen molar-refractivity contribution < 1.29 is 26.3 Å². The summed E-state index contributed by atoms with van der Waals surface area (Å²) in [4.78, 5) is 1.89. The van der Waals surface area contributed by atoms with Crippen LogP contribution in [0.3, 0.4) is 0 Å². The van der Waals surface area contributed by atoms with E-state index in [1.165, 1.54) is 25.4 Å². The molecular weight excluding hydrogens is 411 g/mol. The highest BCUT2D eigenvalue weighted by molar-refractivity contribution is 7.86. The van der Waals surface area contributed by atoms with Gasteiger partial charge in [-0.3, -0.25) is 0 Å². The van der Waals surface area contributed by atoms with Crippen LogP contribution >= 0.6 is 0 Å². The van der Waals surface area contributed by atoms with Crippen LogP contribution in [0.2, 0.25) is 0 Å². The van der Waals surface area contributed by atoms with Crippen LogP contribution in [0, 0.1) is 5.82 Å². The zero-order valence-corrected chi connectivity index (χ0v) is 16.8. The summed E-state index contributed by atoms with van der Waals surface area (Å²) in [7, 11) is -2.93. The van der Waals surface area contributed by atoms with Crippen LogP contribution in [-0.4, -0.2) is 61.6 Å². The number of hydrogen-bond donors (Lipinski definition) is 1. The predicted octanol–water partition coefficient (Wildman–Crippen LogP) is 1.91. The largest absolute Gasteiger partial charge is 0.494 e. The average molecular weight is 433 g/mol. The van der Waals surface area contributed by atoms with E-state index < -0.39 is 34.5 Å². The molecule has 0 saturated carbocycles. The number of hydrogen-bond acceptors (Lipinski definition) is 6. The molecule has 0 atom stereocenters. The zero-order valence-electron chi connectivity index (χ0n) is 16.0. The molecule has 3 rings (SSSR count). The molecule has 1 aliphatic heterocycles. The Hall–Kier alpha value is -2.18. The van der Waals surface area contributed by atoms with Gasteiger partial charge in [-0.1, -0.05) is 0 Å². The maximum absolute atomic E-state index is 14.2. The van der Waals surface area contributed by atoms with Crippen molar-refractivity contribution in [1.82, 2.24) is 14.5 Å². The second-order valence-electron chi connectivity index (χ2n) is 7.11. The second-order valence-corrected chi connectivity index (χ2v) is 8.61. The molecule has 8 nitrogen and oxygen atoms in total. The molecule has 0 radical (unpaired) electrons. The van der Waals surface area contributed by atoms with Crippen LogP contribution in [0.15, 0.2) is 18.3 Å². The number of ether oxygens (including phenoxy) is 1. The van der Waals surface area contributed by atoms with E-state index in [1.807, 2.05) is 4.90 Å². The van der Waals surface area contributed by atoms with E-state index >= 15 is 0 Å². The van der Waals surface area contributed by atoms with Crippen molar-refractivity contribution in [3.8, 4) is 5.75 Å². The number of anilines is 1. The maximum atomic E-state index is 14.2. The summed E-state index contributed by atoms with van der Waals surface area (Å²) >= 11 is 0. The molecule has 1 aromatic carbocycles. The molecule has 0 aliphatic carbocycles. The Bertz CT molecular complexity index is 992. The first-order chi connectivity index (χ1) is 13.5. The molecule has 12 heteroatoms. The number of aromatic nitrogens is 2. The van der Waals surface area contributed by atoms with Gasteiger partial charge in [0.25, 0.3) is 16.1 Å². The number of halogens is 3. The Labute approximate surface area is 166 Å². The first kappa shape index (κ1) is 21.5. The molecule has 29 heavy (non-hydrogen) atoms. The van der Waals surface area contributed by atoms with Crippen LogP contribution in [0.5, 0.6) is 5.75 Å². The quantitative estimate of drug-likeness (QED) is 0.747. The van der Waals surface area contributed by atoms with Gasteiger partial charge in [-0.25, -0.2) is 18.3 Å². The number of alkyl halides is 2. The molecule has 0 spiro atoms. The fraction of sp³-hybridized carbons (Fsp3) is 0.529. The highest BCUT2D eigenvalue weighted by Crippen LogP contribution is 2.32. The van der Waals surface area contributed by atoms with Gasteiger partial charge in [0.2, 0.25) is 0 Å². The van der Waals surface area contributed by atoms with Gasteiger partial charge in [0.1, 0.15) is 0 Å². The molecule has 2 N–H and O–H groups in total. The molecule has 2 aromatic rings. The van der Waals surface area contributed by atoms with Crippen LogP contribution in [0.4, 0.5) is 18.9 Å². The van der Waals surface area contributed by atoms with E-state index in [1.54, 1.807) is 0 Å². The summed E-state index contributed by atoms with van der Waals surface area (Å²) in [5.41, 5.74) is 1.07. The third-order valence-corrected chi connectivity index (χ3v) is 5.95. The van der Waals surface area contributed by atoms with E-state index in [4.69, 9.17) is 9.88 Å². The minimum absolute atomic E-state index is 0.0481. The van der Waals surface area contributed by atoms with Gasteiger partial charge in [0.05, 0.1) is 31.1 Å². The third kappa shape index (κ3) is 4.87. The Balaban J connectivity index is 1.83. The zero-order chi connectivity index (χ0) is 21.4. The number of fused-ring (bicyclic) bond motifs is 1. The summed E-state index contributed by atoms with van der Waals surface area (Å²) in [5.74, 6) is -3.70. The van der Waals surface area contributed by atoms with E-state index in [0.29, 0.717) is 40.9 Å². The fourth-order valence-corrected chi connectivity index (χ4v) is 4.58. The summed E-state index contributed by atoms with van der Waals surface area (Å²) in [6.07, 6.45) is 2.07. The number of nitrogens with two attached hydrogens (primary N) is 1. The molecule has 1 aliphatic rings. The highest BCUT2D eigenvalue weighted by atomic mass is 32.2. The maximum Gasteiger partial charge on any atom is 0.277 e. The standard InChI is InChI=1S/C17H22F3N5O3S/c1-17(19,20)10-25(29(21,26)27)11-3-5-24(6-4-11)15-9-22-23-14-8-16(28-2)13(18)7-12(14)15/h7-9,11H,3-6,10H2,1-2H3,(H2,21,26,27). The van der Waals surface area contributed by atoms with Crippen molar-refractivity contribution in [2.24, 2.45) is 5.14 Å². The lowest BCUT2D eigenvalue weighted by molar-refractivity contribution is -0.00442. The van der Waals surface area contributed by atoms with Crippen LogP contribution < -0.4 is 14.8 Å². The molecule has 0 unspecified atom stereocenters. The van der Waals surface area contributed by atoms with Crippen molar-refractivity contribution in [2.45, 2.75) is 31.7 Å². The molecule has 1 saturated heterocycles. The SMILES string of the molecule is COc1cc2nncc(N3CCC(N(CC(C)(F)F)S(N)(=O)=O)CC3)c2cc1F. The number of rotatable bonds is 6. The Morgan fingerprint density at radius 2 is 2.00 bits per heavy atom. The normalized spacial score (nSPS) is 16.6. The van der Waals surface area contributed by atoms with Gasteiger partial charge < -0.3 is 9.64 Å². The minimum Gasteiger partial charge on any atom is -0.494 e. The first-order valence-corrected chi connectivity index (χ1v) is 10.4. The number of nitrogens with zero attached hydrogens (tertiary/aromatic N) is 4. The Morgan fingerprint density at radius 1 is 1.34 bits per heavy atom. The first-order valence-electron chi connectivity index (χ1n) is 8.91. The smallest absolute Gasteiger partial charge is 0.277 e. The van der Waals surface area contributed by atoms with Gasteiger partial charge in [-0.15, -0.1) is 0 Å². The van der Waals surface area contributed by atoms with E-state index in [-0.39, 0.29) is 18.6 Å². The number of methoxy groups -OCH3 is 1. The Morgan fingerprint density at radius 3 is 2.55 bits per heavy atom. The van der Waals surface area contributed by atoms with E-state index in [2.05, 4.69) is 10.2 Å². The summed E-state index contributed by atoms with van der Waals surface area (Å²) in [6.45, 7) is 0.403. The molecule has 0 amide bonds. The third-order valence-electron chi connectivity index (χ3n) is 4.86. The van der Waals surface area contributed by atoms with E-state index in [0.717, 1.165) is 0 Å². The van der Waals surface area contributed by atoms with Gasteiger partial charge in [0, 0.05) is 37.5 Å². The summed E-state index contributed by atoms with van der Waals surface area (Å²) in [6, 6.07) is 2.10. The van der Waals surface area contributed by atoms with Gasteiger partial charge in [-0.05, 0) is 18.9 Å². The van der Waals surface area contributed by atoms with Gasteiger partial charge >= 0.3 is 0 Å². The van der Waals surface area contributed by atoms with Crippen LogP contribution in [-0.2, 0) is 10.2 Å². The summed E-state index contributed by atoms with van der Waals surface area (Å²) in [5, 5.41) is 13.6. The molecule has 160 valence electrons. The highest BCUT2D eigenvalue weighted by Gasteiger charge is 2.37. The van der Waals surface area contributed by atoms with Crippen molar-refractivity contribution >= 4 is 26.8 Å². The predicted molar refractivity (Wildman–Crippen MR) is 102 cm³/mol.